The lowest BCUT2D eigenvalue weighted by Gasteiger charge is -2.10. The Bertz CT molecular complexity index is 587. The molecule has 3 N–H and O–H groups in total. The predicted molar refractivity (Wildman–Crippen MR) is 80.2 cm³/mol. The number of aromatic nitrogens is 2. The van der Waals surface area contributed by atoms with Crippen molar-refractivity contribution in [3.63, 3.8) is 0 Å². The van der Waals surface area contributed by atoms with Crippen LogP contribution in [0, 0.1) is 0 Å². The fourth-order valence-corrected chi connectivity index (χ4v) is 2.00. The molecule has 0 atom stereocenters. The molecule has 1 aromatic heterocycles. The van der Waals surface area contributed by atoms with Crippen LogP contribution in [0.3, 0.4) is 0 Å². The summed E-state index contributed by atoms with van der Waals surface area (Å²) in [5.41, 5.74) is 6.45. The summed E-state index contributed by atoms with van der Waals surface area (Å²) in [7, 11) is 0. The molecule has 0 spiro atoms. The zero-order valence-electron chi connectivity index (χ0n) is 10.5. The Morgan fingerprint density at radius 1 is 1.26 bits per heavy atom. The molecule has 0 aliphatic rings. The second-order valence-corrected chi connectivity index (χ2v) is 4.86. The van der Waals surface area contributed by atoms with Crippen LogP contribution in [-0.2, 0) is 6.42 Å². The molecule has 6 heteroatoms. The Morgan fingerprint density at radius 3 is 2.79 bits per heavy atom. The standard InChI is InChI=1S/C13H14Cl2N4/c1-2-4-11-18-10(16)7-12(19-11)17-9-6-3-5-8(14)13(9)15/h3,5-7H,2,4H2,1H3,(H3,16,17,18,19). The minimum absolute atomic E-state index is 0.430. The summed E-state index contributed by atoms with van der Waals surface area (Å²) < 4.78 is 0. The molecule has 0 fully saturated rings. The highest BCUT2D eigenvalue weighted by atomic mass is 35.5. The molecule has 0 bridgehead atoms. The lowest BCUT2D eigenvalue weighted by molar-refractivity contribution is 0.839. The van der Waals surface area contributed by atoms with Crippen LogP contribution in [0.25, 0.3) is 0 Å². The van der Waals surface area contributed by atoms with Gasteiger partial charge in [0.15, 0.2) is 0 Å². The van der Waals surface area contributed by atoms with Crippen LogP contribution in [0.5, 0.6) is 0 Å². The van der Waals surface area contributed by atoms with Crippen LogP contribution in [-0.4, -0.2) is 9.97 Å². The Balaban J connectivity index is 2.30. The van der Waals surface area contributed by atoms with Crippen molar-refractivity contribution in [3.8, 4) is 0 Å². The van der Waals surface area contributed by atoms with E-state index in [1.165, 1.54) is 0 Å². The molecule has 4 nitrogen and oxygen atoms in total. The lowest BCUT2D eigenvalue weighted by atomic mass is 10.3. The fourth-order valence-electron chi connectivity index (χ4n) is 1.66. The maximum absolute atomic E-state index is 6.11. The summed E-state index contributed by atoms with van der Waals surface area (Å²) >= 11 is 12.1. The minimum atomic E-state index is 0.430. The number of nitrogens with two attached hydrogens (primary N) is 1. The van der Waals surface area contributed by atoms with Gasteiger partial charge >= 0.3 is 0 Å². The third-order valence-corrected chi connectivity index (χ3v) is 3.30. The smallest absolute Gasteiger partial charge is 0.136 e. The first-order chi connectivity index (χ1) is 9.10. The summed E-state index contributed by atoms with van der Waals surface area (Å²) in [6.45, 7) is 2.06. The van der Waals surface area contributed by atoms with Crippen LogP contribution in [0.4, 0.5) is 17.3 Å². The van der Waals surface area contributed by atoms with Crippen molar-refractivity contribution in [2.24, 2.45) is 0 Å². The molecule has 0 saturated heterocycles. The van der Waals surface area contributed by atoms with Crippen LogP contribution in [0.15, 0.2) is 24.3 Å². The summed E-state index contributed by atoms with van der Waals surface area (Å²) in [5.74, 6) is 1.75. The first kappa shape index (κ1) is 13.9. The van der Waals surface area contributed by atoms with E-state index in [0.29, 0.717) is 33.2 Å². The number of aryl methyl sites for hydroxylation is 1. The number of hydrogen-bond donors (Lipinski definition) is 2. The molecule has 2 rings (SSSR count). The average molecular weight is 297 g/mol. The van der Waals surface area contributed by atoms with Crippen molar-refractivity contribution in [2.45, 2.75) is 19.8 Å². The molecule has 0 unspecified atom stereocenters. The topological polar surface area (TPSA) is 63.8 Å². The number of hydrogen-bond acceptors (Lipinski definition) is 4. The monoisotopic (exact) mass is 296 g/mol. The van der Waals surface area contributed by atoms with Gasteiger partial charge in [0.2, 0.25) is 0 Å². The second-order valence-electron chi connectivity index (χ2n) is 4.07. The van der Waals surface area contributed by atoms with Crippen molar-refractivity contribution in [1.82, 2.24) is 9.97 Å². The summed E-state index contributed by atoms with van der Waals surface area (Å²) in [4.78, 5) is 8.56. The Kier molecular flexibility index (Phi) is 4.45. The van der Waals surface area contributed by atoms with Crippen molar-refractivity contribution in [2.75, 3.05) is 11.1 Å². The molecular weight excluding hydrogens is 283 g/mol. The first-order valence-electron chi connectivity index (χ1n) is 5.94. The predicted octanol–water partition coefficient (Wildman–Crippen LogP) is 4.06. The molecule has 1 heterocycles. The minimum Gasteiger partial charge on any atom is -0.384 e. The Morgan fingerprint density at radius 2 is 2.05 bits per heavy atom. The molecule has 1 aromatic carbocycles. The Hall–Kier alpha value is -1.52. The van der Waals surface area contributed by atoms with E-state index < -0.39 is 0 Å². The van der Waals surface area contributed by atoms with Gasteiger partial charge < -0.3 is 11.1 Å². The normalized spacial score (nSPS) is 10.5. The Labute approximate surface area is 122 Å². The summed E-state index contributed by atoms with van der Waals surface area (Å²) in [6, 6.07) is 7.03. The van der Waals surface area contributed by atoms with Crippen LogP contribution in [0.2, 0.25) is 10.0 Å². The van der Waals surface area contributed by atoms with Gasteiger partial charge in [-0.15, -0.1) is 0 Å². The van der Waals surface area contributed by atoms with E-state index in [1.54, 1.807) is 12.1 Å². The van der Waals surface area contributed by atoms with Gasteiger partial charge in [-0.25, -0.2) is 9.97 Å². The zero-order valence-corrected chi connectivity index (χ0v) is 12.0. The highest BCUT2D eigenvalue weighted by Gasteiger charge is 2.07. The molecule has 0 aliphatic heterocycles. The molecule has 19 heavy (non-hydrogen) atoms. The third-order valence-electron chi connectivity index (χ3n) is 2.48. The molecule has 0 amide bonds. The van der Waals surface area contributed by atoms with E-state index >= 15 is 0 Å². The van der Waals surface area contributed by atoms with E-state index in [0.717, 1.165) is 12.8 Å². The van der Waals surface area contributed by atoms with Gasteiger partial charge in [-0.05, 0) is 18.6 Å². The van der Waals surface area contributed by atoms with Gasteiger partial charge in [-0.3, -0.25) is 0 Å². The van der Waals surface area contributed by atoms with Crippen molar-refractivity contribution >= 4 is 40.5 Å². The number of rotatable bonds is 4. The number of anilines is 3. The molecule has 0 radical (unpaired) electrons. The van der Waals surface area contributed by atoms with Gasteiger partial charge in [0.05, 0.1) is 15.7 Å². The van der Waals surface area contributed by atoms with Crippen molar-refractivity contribution in [1.29, 1.82) is 0 Å². The number of nitrogens with one attached hydrogen (secondary N) is 1. The van der Waals surface area contributed by atoms with Gasteiger partial charge in [-0.2, -0.15) is 0 Å². The maximum atomic E-state index is 6.11. The summed E-state index contributed by atoms with van der Waals surface area (Å²) in [5, 5.41) is 4.05. The van der Waals surface area contributed by atoms with Crippen LogP contribution in [0.1, 0.15) is 19.2 Å². The zero-order chi connectivity index (χ0) is 13.8. The van der Waals surface area contributed by atoms with Gasteiger partial charge in [0.1, 0.15) is 17.5 Å². The summed E-state index contributed by atoms with van der Waals surface area (Å²) in [6.07, 6.45) is 1.74. The van der Waals surface area contributed by atoms with E-state index in [4.69, 9.17) is 28.9 Å². The molecule has 2 aromatic rings. The lowest BCUT2D eigenvalue weighted by Crippen LogP contribution is -2.03. The quantitative estimate of drug-likeness (QED) is 0.893. The molecule has 0 aliphatic carbocycles. The number of nitrogen functional groups attached to an aromatic ring is 1. The molecule has 100 valence electrons. The van der Waals surface area contributed by atoms with E-state index in [1.807, 2.05) is 12.1 Å². The van der Waals surface area contributed by atoms with Gasteiger partial charge in [0, 0.05) is 12.5 Å². The number of benzene rings is 1. The fraction of sp³-hybridized carbons (Fsp3) is 0.231. The maximum Gasteiger partial charge on any atom is 0.136 e. The average Bonchev–Trinajstić information content (AvgIpc) is 2.35. The van der Waals surface area contributed by atoms with Gasteiger partial charge in [-0.1, -0.05) is 36.2 Å². The van der Waals surface area contributed by atoms with E-state index in [2.05, 4.69) is 22.2 Å². The molecular formula is C13H14Cl2N4. The second kappa shape index (κ2) is 6.08. The first-order valence-corrected chi connectivity index (χ1v) is 6.70. The van der Waals surface area contributed by atoms with Crippen molar-refractivity contribution in [3.05, 3.63) is 40.1 Å². The van der Waals surface area contributed by atoms with Crippen LogP contribution >= 0.6 is 23.2 Å². The highest BCUT2D eigenvalue weighted by Crippen LogP contribution is 2.31. The largest absolute Gasteiger partial charge is 0.384 e. The van der Waals surface area contributed by atoms with Gasteiger partial charge in [0.25, 0.3) is 0 Å². The number of halogens is 2. The SMILES string of the molecule is CCCc1nc(N)cc(Nc2cccc(Cl)c2Cl)n1. The molecule has 0 saturated carbocycles. The van der Waals surface area contributed by atoms with Crippen LogP contribution < -0.4 is 11.1 Å². The van der Waals surface area contributed by atoms with E-state index in [-0.39, 0.29) is 0 Å². The van der Waals surface area contributed by atoms with Crippen molar-refractivity contribution < 1.29 is 0 Å². The number of nitrogens with zero attached hydrogens (tertiary/aromatic N) is 2. The van der Waals surface area contributed by atoms with E-state index in [9.17, 15) is 0 Å². The highest BCUT2D eigenvalue weighted by molar-refractivity contribution is 6.43. The third kappa shape index (κ3) is 3.49.